The van der Waals surface area contributed by atoms with Gasteiger partial charge in [-0.25, -0.2) is 0 Å². The van der Waals surface area contributed by atoms with Crippen molar-refractivity contribution in [1.29, 1.82) is 0 Å². The number of primary amides is 1. The van der Waals surface area contributed by atoms with Gasteiger partial charge in [0.1, 0.15) is 5.82 Å². The number of carbonyl (C=O) groups is 1. The van der Waals surface area contributed by atoms with Gasteiger partial charge in [0, 0.05) is 25.2 Å². The molecule has 1 saturated heterocycles. The monoisotopic (exact) mass is 442 g/mol. The Morgan fingerprint density at radius 1 is 1.40 bits per heavy atom. The van der Waals surface area contributed by atoms with Crippen molar-refractivity contribution in [2.45, 2.75) is 55.9 Å². The van der Waals surface area contributed by atoms with Crippen molar-refractivity contribution in [2.24, 2.45) is 5.73 Å². The van der Waals surface area contributed by atoms with E-state index in [0.29, 0.717) is 29.7 Å². The third-order valence-electron chi connectivity index (χ3n) is 4.61. The van der Waals surface area contributed by atoms with E-state index in [9.17, 15) is 13.6 Å². The number of hydrogen-bond donors (Lipinski definition) is 1. The molecule has 164 valence electrons. The van der Waals surface area contributed by atoms with E-state index in [2.05, 4.69) is 14.9 Å². The van der Waals surface area contributed by atoms with E-state index < -0.39 is 12.5 Å². The minimum atomic E-state index is -2.92. The van der Waals surface area contributed by atoms with E-state index in [1.54, 1.807) is 12.1 Å². The molecule has 0 saturated carbocycles. The number of halogens is 2. The first kappa shape index (κ1) is 22.3. The predicted octanol–water partition coefficient (Wildman–Crippen LogP) is 2.78. The van der Waals surface area contributed by atoms with Crippen molar-refractivity contribution < 1.29 is 27.8 Å². The smallest absolute Gasteiger partial charge is 0.387 e. The lowest BCUT2D eigenvalue weighted by atomic mass is 10.2. The Labute approximate surface area is 177 Å². The van der Waals surface area contributed by atoms with Gasteiger partial charge in [-0.2, -0.15) is 8.78 Å². The van der Waals surface area contributed by atoms with Crippen LogP contribution in [0.1, 0.15) is 30.7 Å². The fourth-order valence-electron chi connectivity index (χ4n) is 3.16. The molecule has 11 heteroatoms. The third kappa shape index (κ3) is 6.05. The molecule has 0 aliphatic carbocycles. The summed E-state index contributed by atoms with van der Waals surface area (Å²) in [6.07, 6.45) is 2.65. The van der Waals surface area contributed by atoms with E-state index >= 15 is 0 Å². The molecule has 1 aromatic heterocycles. The first-order valence-electron chi connectivity index (χ1n) is 9.52. The molecule has 1 fully saturated rings. The Bertz CT molecular complexity index is 859. The van der Waals surface area contributed by atoms with Gasteiger partial charge in [-0.05, 0) is 30.5 Å². The molecule has 1 unspecified atom stereocenters. The van der Waals surface area contributed by atoms with Crippen LogP contribution < -0.4 is 15.2 Å². The van der Waals surface area contributed by atoms with Crippen LogP contribution in [0.2, 0.25) is 0 Å². The summed E-state index contributed by atoms with van der Waals surface area (Å²) in [5.41, 5.74) is 6.12. The van der Waals surface area contributed by atoms with Crippen molar-refractivity contribution in [3.05, 3.63) is 29.6 Å². The van der Waals surface area contributed by atoms with Gasteiger partial charge >= 0.3 is 6.61 Å². The number of methoxy groups -OCH3 is 1. The fraction of sp³-hybridized carbons (Fsp3) is 0.526. The number of rotatable bonds is 11. The first-order valence-corrected chi connectivity index (χ1v) is 10.5. The van der Waals surface area contributed by atoms with E-state index in [1.807, 2.05) is 4.57 Å². The van der Waals surface area contributed by atoms with Crippen molar-refractivity contribution in [2.75, 3.05) is 13.7 Å². The Kier molecular flexibility index (Phi) is 7.86. The summed E-state index contributed by atoms with van der Waals surface area (Å²) in [5.74, 6) is 1.03. The molecule has 0 radical (unpaired) electrons. The maximum atomic E-state index is 12.5. The number of nitrogens with zero attached hydrogens (tertiary/aromatic N) is 3. The number of alkyl halides is 2. The summed E-state index contributed by atoms with van der Waals surface area (Å²) < 4.78 is 42.3. The van der Waals surface area contributed by atoms with Crippen LogP contribution in [0, 0.1) is 0 Å². The zero-order chi connectivity index (χ0) is 21.5. The van der Waals surface area contributed by atoms with E-state index in [0.717, 1.165) is 25.0 Å². The highest BCUT2D eigenvalue weighted by molar-refractivity contribution is 7.98. The molecule has 3 rings (SSSR count). The Morgan fingerprint density at radius 2 is 2.23 bits per heavy atom. The van der Waals surface area contributed by atoms with Crippen LogP contribution in [0.25, 0.3) is 0 Å². The Balaban J connectivity index is 1.72. The molecular formula is C19H24F2N4O4S. The summed E-state index contributed by atoms with van der Waals surface area (Å²) in [6.45, 7) is -1.58. The van der Waals surface area contributed by atoms with Crippen LogP contribution in [0.5, 0.6) is 11.5 Å². The van der Waals surface area contributed by atoms with Crippen LogP contribution in [-0.4, -0.2) is 47.1 Å². The third-order valence-corrected chi connectivity index (χ3v) is 5.65. The fourth-order valence-corrected chi connectivity index (χ4v) is 4.07. The molecular weight excluding hydrogens is 418 g/mol. The molecule has 1 aliphatic rings. The number of thioether (sulfide) groups is 1. The van der Waals surface area contributed by atoms with Gasteiger partial charge in [0.05, 0.1) is 19.8 Å². The lowest BCUT2D eigenvalue weighted by Gasteiger charge is -2.15. The van der Waals surface area contributed by atoms with Gasteiger partial charge in [0.15, 0.2) is 16.7 Å². The zero-order valence-corrected chi connectivity index (χ0v) is 17.4. The standard InChI is InChI=1S/C19H24F2N4O4S/c1-27-15-9-12(4-5-14(15)29-18(20)21)11-30-19-24-23-17(7-6-16(22)26)25(19)10-13-3-2-8-28-13/h4-5,9,13,18H,2-3,6-8,10-11H2,1H3,(H2,22,26). The average molecular weight is 442 g/mol. The van der Waals surface area contributed by atoms with Gasteiger partial charge in [0.25, 0.3) is 0 Å². The molecule has 2 heterocycles. The summed E-state index contributed by atoms with van der Waals surface area (Å²) in [5, 5.41) is 9.18. The highest BCUT2D eigenvalue weighted by atomic mass is 32.2. The number of amides is 1. The average Bonchev–Trinajstić information content (AvgIpc) is 3.35. The van der Waals surface area contributed by atoms with Crippen molar-refractivity contribution in [3.8, 4) is 11.5 Å². The highest BCUT2D eigenvalue weighted by Crippen LogP contribution is 2.32. The second-order valence-electron chi connectivity index (χ2n) is 6.76. The highest BCUT2D eigenvalue weighted by Gasteiger charge is 2.21. The molecule has 2 N–H and O–H groups in total. The van der Waals surface area contributed by atoms with Crippen molar-refractivity contribution in [1.82, 2.24) is 14.8 Å². The number of nitrogens with two attached hydrogens (primary N) is 1. The maximum Gasteiger partial charge on any atom is 0.387 e. The van der Waals surface area contributed by atoms with Gasteiger partial charge in [-0.3, -0.25) is 4.79 Å². The van der Waals surface area contributed by atoms with Gasteiger partial charge in [0.2, 0.25) is 5.91 Å². The van der Waals surface area contributed by atoms with Gasteiger partial charge < -0.3 is 24.5 Å². The first-order chi connectivity index (χ1) is 14.5. The maximum absolute atomic E-state index is 12.5. The molecule has 0 spiro atoms. The number of ether oxygens (including phenoxy) is 3. The quantitative estimate of drug-likeness (QED) is 0.534. The van der Waals surface area contributed by atoms with Gasteiger partial charge in [-0.1, -0.05) is 17.8 Å². The van der Waals surface area contributed by atoms with Crippen LogP contribution in [0.3, 0.4) is 0 Å². The lowest BCUT2D eigenvalue weighted by molar-refractivity contribution is -0.118. The van der Waals surface area contributed by atoms with Crippen LogP contribution in [0.4, 0.5) is 8.78 Å². The van der Waals surface area contributed by atoms with Crippen LogP contribution in [-0.2, 0) is 28.2 Å². The predicted molar refractivity (Wildman–Crippen MR) is 106 cm³/mol. The van der Waals surface area contributed by atoms with E-state index in [-0.39, 0.29) is 24.0 Å². The Hall–Kier alpha value is -2.40. The SMILES string of the molecule is COc1cc(CSc2nnc(CCC(N)=O)n2CC2CCCO2)ccc1OC(F)F. The summed E-state index contributed by atoms with van der Waals surface area (Å²) in [6, 6.07) is 4.80. The number of benzene rings is 1. The number of aryl methyl sites for hydroxylation is 1. The largest absolute Gasteiger partial charge is 0.493 e. The topological polar surface area (TPSA) is 101 Å². The zero-order valence-electron chi connectivity index (χ0n) is 16.6. The molecule has 1 aliphatic heterocycles. The second-order valence-corrected chi connectivity index (χ2v) is 7.71. The lowest BCUT2D eigenvalue weighted by Crippen LogP contribution is -2.19. The molecule has 1 amide bonds. The van der Waals surface area contributed by atoms with Crippen LogP contribution >= 0.6 is 11.8 Å². The minimum Gasteiger partial charge on any atom is -0.493 e. The molecule has 2 aromatic rings. The molecule has 30 heavy (non-hydrogen) atoms. The summed E-state index contributed by atoms with van der Waals surface area (Å²) >= 11 is 1.45. The molecule has 8 nitrogen and oxygen atoms in total. The number of hydrogen-bond acceptors (Lipinski definition) is 7. The second kappa shape index (κ2) is 10.6. The van der Waals surface area contributed by atoms with Crippen LogP contribution in [0.15, 0.2) is 23.4 Å². The summed E-state index contributed by atoms with van der Waals surface area (Å²) in [7, 11) is 1.40. The van der Waals surface area contributed by atoms with Crippen molar-refractivity contribution in [3.63, 3.8) is 0 Å². The number of carbonyl (C=O) groups excluding carboxylic acids is 1. The minimum absolute atomic E-state index is 0.0171. The summed E-state index contributed by atoms with van der Waals surface area (Å²) in [4.78, 5) is 11.2. The van der Waals surface area contributed by atoms with Crippen molar-refractivity contribution >= 4 is 17.7 Å². The van der Waals surface area contributed by atoms with Gasteiger partial charge in [-0.15, -0.1) is 10.2 Å². The van der Waals surface area contributed by atoms with E-state index in [4.69, 9.17) is 15.2 Å². The number of aromatic nitrogens is 3. The molecule has 1 aromatic carbocycles. The van der Waals surface area contributed by atoms with E-state index in [1.165, 1.54) is 24.9 Å². The molecule has 0 bridgehead atoms. The normalized spacial score (nSPS) is 16.2. The molecule has 1 atom stereocenters. The Morgan fingerprint density at radius 3 is 2.90 bits per heavy atom.